The monoisotopic (exact) mass is 214 g/mol. The van der Waals surface area contributed by atoms with E-state index in [0.717, 1.165) is 12.8 Å². The number of carbonyl (C=O) groups excluding carboxylic acids is 1. The Bertz CT molecular complexity index is 203. The first kappa shape index (κ1) is 13.9. The lowest BCUT2D eigenvalue weighted by molar-refractivity contribution is -0.147. The van der Waals surface area contributed by atoms with Crippen LogP contribution < -0.4 is 0 Å². The van der Waals surface area contributed by atoms with Crippen LogP contribution in [0.2, 0.25) is 0 Å². The molecule has 88 valence electrons. The van der Waals surface area contributed by atoms with Gasteiger partial charge in [-0.2, -0.15) is 0 Å². The predicted molar refractivity (Wildman–Crippen MR) is 62.1 cm³/mol. The lowest BCUT2D eigenvalue weighted by atomic mass is 10.2. The number of aliphatic imine (C=N–C) groups is 1. The van der Waals surface area contributed by atoms with E-state index in [4.69, 9.17) is 4.74 Å². The summed E-state index contributed by atoms with van der Waals surface area (Å²) in [7, 11) is 3.79. The molecular weight excluding hydrogens is 192 g/mol. The lowest BCUT2D eigenvalue weighted by Gasteiger charge is -2.09. The Hall–Kier alpha value is -1.06. The summed E-state index contributed by atoms with van der Waals surface area (Å²) in [4.78, 5) is 17.3. The van der Waals surface area contributed by atoms with Crippen LogP contribution in [-0.4, -0.2) is 44.5 Å². The molecule has 4 nitrogen and oxygen atoms in total. The van der Waals surface area contributed by atoms with Gasteiger partial charge in [-0.15, -0.1) is 0 Å². The average molecular weight is 214 g/mol. The maximum absolute atomic E-state index is 11.4. The van der Waals surface area contributed by atoms with Crippen molar-refractivity contribution in [3.05, 3.63) is 0 Å². The van der Waals surface area contributed by atoms with Gasteiger partial charge in [-0.1, -0.05) is 20.3 Å². The fourth-order valence-electron chi connectivity index (χ4n) is 0.902. The molecule has 0 saturated heterocycles. The molecule has 4 heteroatoms. The third-order valence-corrected chi connectivity index (χ3v) is 1.84. The highest BCUT2D eigenvalue weighted by Gasteiger charge is 2.12. The molecule has 1 unspecified atom stereocenters. The fraction of sp³-hybridized carbons (Fsp3) is 0.818. The average Bonchev–Trinajstić information content (AvgIpc) is 2.17. The maximum atomic E-state index is 11.4. The normalized spacial score (nSPS) is 12.8. The Labute approximate surface area is 92.3 Å². The second-order valence-corrected chi connectivity index (χ2v) is 3.87. The summed E-state index contributed by atoms with van der Waals surface area (Å²) in [5.74, 6) is -0.308. The minimum absolute atomic E-state index is 0.153. The number of rotatable bonds is 7. The summed E-state index contributed by atoms with van der Waals surface area (Å²) < 4.78 is 5.08. The lowest BCUT2D eigenvalue weighted by Crippen LogP contribution is -2.19. The van der Waals surface area contributed by atoms with Crippen molar-refractivity contribution in [3.8, 4) is 0 Å². The van der Waals surface area contributed by atoms with Gasteiger partial charge in [0, 0.05) is 14.1 Å². The third kappa shape index (κ3) is 7.97. The van der Waals surface area contributed by atoms with Crippen molar-refractivity contribution in [1.82, 2.24) is 4.90 Å². The van der Waals surface area contributed by atoms with Gasteiger partial charge in [-0.3, -0.25) is 9.79 Å². The van der Waals surface area contributed by atoms with Crippen LogP contribution in [0.3, 0.4) is 0 Å². The van der Waals surface area contributed by atoms with E-state index in [-0.39, 0.29) is 11.9 Å². The summed E-state index contributed by atoms with van der Waals surface area (Å²) in [6, 6.07) is 0. The summed E-state index contributed by atoms with van der Waals surface area (Å²) in [5, 5.41) is 0. The topological polar surface area (TPSA) is 41.9 Å². The zero-order chi connectivity index (χ0) is 11.7. The molecule has 0 N–H and O–H groups in total. The summed E-state index contributed by atoms with van der Waals surface area (Å²) in [6.45, 7) is 4.92. The molecule has 0 aliphatic carbocycles. The highest BCUT2D eigenvalue weighted by molar-refractivity contribution is 5.72. The molecule has 0 aliphatic rings. The molecule has 0 aromatic heterocycles. The number of esters is 1. The van der Waals surface area contributed by atoms with Crippen molar-refractivity contribution < 1.29 is 9.53 Å². The Kier molecular flexibility index (Phi) is 7.68. The quantitative estimate of drug-likeness (QED) is 0.279. The highest BCUT2D eigenvalue weighted by Crippen LogP contribution is 2.00. The molecule has 0 aromatic carbocycles. The van der Waals surface area contributed by atoms with Gasteiger partial charge in [0.15, 0.2) is 0 Å². The first-order chi connectivity index (χ1) is 7.07. The summed E-state index contributed by atoms with van der Waals surface area (Å²) in [6.07, 6.45) is 3.68. The van der Waals surface area contributed by atoms with Gasteiger partial charge in [-0.05, 0) is 6.42 Å². The molecule has 0 saturated carbocycles. The minimum Gasteiger partial charge on any atom is -0.465 e. The van der Waals surface area contributed by atoms with Crippen LogP contribution in [0.15, 0.2) is 4.99 Å². The van der Waals surface area contributed by atoms with Crippen molar-refractivity contribution >= 4 is 12.3 Å². The van der Waals surface area contributed by atoms with Crippen LogP contribution in [0.25, 0.3) is 0 Å². The van der Waals surface area contributed by atoms with Crippen LogP contribution in [0.1, 0.15) is 26.7 Å². The zero-order valence-corrected chi connectivity index (χ0v) is 10.2. The van der Waals surface area contributed by atoms with Crippen molar-refractivity contribution in [3.63, 3.8) is 0 Å². The van der Waals surface area contributed by atoms with E-state index in [2.05, 4.69) is 11.9 Å². The number of carbonyl (C=O) groups is 1. The predicted octanol–water partition coefficient (Wildman–Crippen LogP) is 1.56. The molecule has 1 atom stereocenters. The van der Waals surface area contributed by atoms with E-state index in [1.807, 2.05) is 25.9 Å². The molecular formula is C11H22N2O2. The van der Waals surface area contributed by atoms with Gasteiger partial charge in [0.05, 0.1) is 25.4 Å². The van der Waals surface area contributed by atoms with Crippen LogP contribution in [0, 0.1) is 5.92 Å². The first-order valence-corrected chi connectivity index (χ1v) is 5.41. The van der Waals surface area contributed by atoms with E-state index < -0.39 is 0 Å². The summed E-state index contributed by atoms with van der Waals surface area (Å²) in [5.41, 5.74) is 0. The van der Waals surface area contributed by atoms with Crippen LogP contribution in [-0.2, 0) is 9.53 Å². The van der Waals surface area contributed by atoms with E-state index in [1.165, 1.54) is 0 Å². The van der Waals surface area contributed by atoms with Crippen molar-refractivity contribution in [2.45, 2.75) is 26.7 Å². The van der Waals surface area contributed by atoms with Gasteiger partial charge in [0.2, 0.25) is 0 Å². The van der Waals surface area contributed by atoms with Crippen LogP contribution in [0.4, 0.5) is 0 Å². The van der Waals surface area contributed by atoms with Gasteiger partial charge >= 0.3 is 5.97 Å². The molecule has 0 rings (SSSR count). The van der Waals surface area contributed by atoms with Crippen LogP contribution >= 0.6 is 0 Å². The zero-order valence-electron chi connectivity index (χ0n) is 10.2. The number of ether oxygens (including phenoxy) is 1. The van der Waals surface area contributed by atoms with Crippen molar-refractivity contribution in [2.24, 2.45) is 10.9 Å². The molecule has 0 heterocycles. The van der Waals surface area contributed by atoms with E-state index in [9.17, 15) is 4.79 Å². The van der Waals surface area contributed by atoms with E-state index in [1.54, 1.807) is 6.34 Å². The Morgan fingerprint density at radius 2 is 2.20 bits per heavy atom. The third-order valence-electron chi connectivity index (χ3n) is 1.84. The molecule has 0 bridgehead atoms. The molecule has 0 amide bonds. The van der Waals surface area contributed by atoms with Crippen LogP contribution in [0.5, 0.6) is 0 Å². The number of nitrogens with zero attached hydrogens (tertiary/aromatic N) is 2. The van der Waals surface area contributed by atoms with Crippen molar-refractivity contribution in [1.29, 1.82) is 0 Å². The van der Waals surface area contributed by atoms with Crippen molar-refractivity contribution in [2.75, 3.05) is 27.2 Å². The fourth-order valence-corrected chi connectivity index (χ4v) is 0.902. The largest absolute Gasteiger partial charge is 0.465 e. The highest BCUT2D eigenvalue weighted by atomic mass is 16.5. The molecule has 0 aliphatic heterocycles. The van der Waals surface area contributed by atoms with E-state index >= 15 is 0 Å². The SMILES string of the molecule is CCCCOC(=O)C(C)CN=CN(C)C. The molecule has 0 radical (unpaired) electrons. The van der Waals surface area contributed by atoms with Gasteiger partial charge in [-0.25, -0.2) is 0 Å². The standard InChI is InChI=1S/C11H22N2O2/c1-5-6-7-15-11(14)10(2)8-12-9-13(3)4/h9-10H,5-8H2,1-4H3. The van der Waals surface area contributed by atoms with E-state index in [0.29, 0.717) is 13.2 Å². The maximum Gasteiger partial charge on any atom is 0.310 e. The molecule has 0 spiro atoms. The first-order valence-electron chi connectivity index (χ1n) is 5.41. The molecule has 0 aromatic rings. The number of hydrogen-bond acceptors (Lipinski definition) is 3. The molecule has 15 heavy (non-hydrogen) atoms. The minimum atomic E-state index is -0.155. The second-order valence-electron chi connectivity index (χ2n) is 3.87. The van der Waals surface area contributed by atoms with Gasteiger partial charge in [0.25, 0.3) is 0 Å². The molecule has 0 fully saturated rings. The number of hydrogen-bond donors (Lipinski definition) is 0. The Balaban J connectivity index is 3.69. The number of unbranched alkanes of at least 4 members (excludes halogenated alkanes) is 1. The van der Waals surface area contributed by atoms with Gasteiger partial charge < -0.3 is 9.64 Å². The summed E-state index contributed by atoms with van der Waals surface area (Å²) >= 11 is 0. The Morgan fingerprint density at radius 1 is 1.53 bits per heavy atom. The second kappa shape index (κ2) is 8.26. The van der Waals surface area contributed by atoms with Gasteiger partial charge in [0.1, 0.15) is 0 Å². The smallest absolute Gasteiger partial charge is 0.310 e. The Morgan fingerprint density at radius 3 is 2.73 bits per heavy atom.